The lowest BCUT2D eigenvalue weighted by Crippen LogP contribution is -2.29. The molecule has 0 radical (unpaired) electrons. The van der Waals surface area contributed by atoms with Crippen LogP contribution in [-0.4, -0.2) is 35.2 Å². The van der Waals surface area contributed by atoms with E-state index in [0.717, 1.165) is 23.7 Å². The van der Waals surface area contributed by atoms with Crippen molar-refractivity contribution in [1.82, 2.24) is 15.3 Å². The molecule has 1 aliphatic rings. The summed E-state index contributed by atoms with van der Waals surface area (Å²) in [4.78, 5) is 19.5. The number of carbonyl (C=O) groups excluding carboxylic acids is 1. The summed E-state index contributed by atoms with van der Waals surface area (Å²) in [6, 6.07) is 1.90. The highest BCUT2D eigenvalue weighted by molar-refractivity contribution is 7.98. The Bertz CT molecular complexity index is 395. The fraction of sp³-hybridized carbons (Fsp3) is 0.545. The van der Waals surface area contributed by atoms with Crippen LogP contribution in [-0.2, 0) is 4.79 Å². The molecule has 1 aromatic rings. The van der Waals surface area contributed by atoms with Crippen molar-refractivity contribution in [2.75, 3.05) is 24.7 Å². The zero-order valence-electron chi connectivity index (χ0n) is 9.77. The summed E-state index contributed by atoms with van der Waals surface area (Å²) in [5, 5.41) is 6.98. The number of nitrogens with zero attached hydrogens (tertiary/aromatic N) is 2. The van der Waals surface area contributed by atoms with Gasteiger partial charge in [-0.1, -0.05) is 0 Å². The van der Waals surface area contributed by atoms with Crippen LogP contribution in [0, 0.1) is 5.92 Å². The van der Waals surface area contributed by atoms with Gasteiger partial charge in [-0.25, -0.2) is 9.97 Å². The smallest absolute Gasteiger partial charge is 0.223 e. The van der Waals surface area contributed by atoms with Crippen molar-refractivity contribution < 1.29 is 4.79 Å². The molecule has 1 amide bonds. The van der Waals surface area contributed by atoms with E-state index in [1.807, 2.05) is 12.3 Å². The van der Waals surface area contributed by atoms with E-state index in [2.05, 4.69) is 20.6 Å². The number of amides is 1. The SMILES string of the molecule is CSc1cc(NCCNC(=O)C2CC2)ncn1. The zero-order valence-corrected chi connectivity index (χ0v) is 10.6. The minimum atomic E-state index is 0.180. The van der Waals surface area contributed by atoms with Gasteiger partial charge in [0.1, 0.15) is 17.2 Å². The monoisotopic (exact) mass is 252 g/mol. The van der Waals surface area contributed by atoms with Gasteiger partial charge in [0.15, 0.2) is 0 Å². The van der Waals surface area contributed by atoms with Gasteiger partial charge in [0, 0.05) is 25.1 Å². The van der Waals surface area contributed by atoms with Crippen LogP contribution in [0.1, 0.15) is 12.8 Å². The van der Waals surface area contributed by atoms with E-state index >= 15 is 0 Å². The van der Waals surface area contributed by atoms with Crippen LogP contribution in [0.2, 0.25) is 0 Å². The second-order valence-corrected chi connectivity index (χ2v) is 4.76. The third-order valence-corrected chi connectivity index (χ3v) is 3.17. The molecule has 6 heteroatoms. The standard InChI is InChI=1S/C11H16N4OS/c1-17-10-6-9(14-7-15-10)12-4-5-13-11(16)8-2-3-8/h6-8H,2-5H2,1H3,(H,13,16)(H,12,14,15). The van der Waals surface area contributed by atoms with Gasteiger partial charge in [0.25, 0.3) is 0 Å². The topological polar surface area (TPSA) is 66.9 Å². The predicted molar refractivity (Wildman–Crippen MR) is 68.0 cm³/mol. The Hall–Kier alpha value is -1.30. The highest BCUT2D eigenvalue weighted by atomic mass is 32.2. The van der Waals surface area contributed by atoms with Crippen molar-refractivity contribution in [3.8, 4) is 0 Å². The number of hydrogen-bond donors (Lipinski definition) is 2. The molecule has 1 heterocycles. The lowest BCUT2D eigenvalue weighted by Gasteiger charge is -2.07. The number of hydrogen-bond acceptors (Lipinski definition) is 5. The van der Waals surface area contributed by atoms with Crippen molar-refractivity contribution in [3.05, 3.63) is 12.4 Å². The zero-order chi connectivity index (χ0) is 12.1. The number of rotatable bonds is 6. The van der Waals surface area contributed by atoms with E-state index in [0.29, 0.717) is 13.1 Å². The first-order valence-electron chi connectivity index (χ1n) is 5.67. The molecule has 5 nitrogen and oxygen atoms in total. The number of aromatic nitrogens is 2. The summed E-state index contributed by atoms with van der Waals surface area (Å²) in [7, 11) is 0. The van der Waals surface area contributed by atoms with Crippen LogP contribution in [0.3, 0.4) is 0 Å². The third-order valence-electron chi connectivity index (χ3n) is 2.53. The lowest BCUT2D eigenvalue weighted by atomic mass is 10.4. The highest BCUT2D eigenvalue weighted by Crippen LogP contribution is 2.28. The second-order valence-electron chi connectivity index (χ2n) is 3.94. The summed E-state index contributed by atoms with van der Waals surface area (Å²) in [5.74, 6) is 1.25. The summed E-state index contributed by atoms with van der Waals surface area (Å²) in [6.45, 7) is 1.32. The molecule has 0 atom stereocenters. The fourth-order valence-corrected chi connectivity index (χ4v) is 1.80. The van der Waals surface area contributed by atoms with Gasteiger partial charge >= 0.3 is 0 Å². The molecule has 0 aliphatic heterocycles. The van der Waals surface area contributed by atoms with Crippen molar-refractivity contribution in [2.45, 2.75) is 17.9 Å². The molecule has 0 saturated heterocycles. The van der Waals surface area contributed by atoms with Gasteiger partial charge in [0.05, 0.1) is 0 Å². The van der Waals surface area contributed by atoms with Crippen LogP contribution < -0.4 is 10.6 Å². The van der Waals surface area contributed by atoms with Crippen LogP contribution in [0.25, 0.3) is 0 Å². The van der Waals surface area contributed by atoms with E-state index in [1.54, 1.807) is 11.8 Å². The fourth-order valence-electron chi connectivity index (χ4n) is 1.41. The Morgan fingerprint density at radius 2 is 2.29 bits per heavy atom. The van der Waals surface area contributed by atoms with Crippen molar-refractivity contribution in [2.24, 2.45) is 5.92 Å². The molecule has 2 rings (SSSR count). The van der Waals surface area contributed by atoms with Crippen molar-refractivity contribution >= 4 is 23.5 Å². The quantitative estimate of drug-likeness (QED) is 0.451. The summed E-state index contributed by atoms with van der Waals surface area (Å²) in [6.07, 6.45) is 5.60. The van der Waals surface area contributed by atoms with Crippen LogP contribution >= 0.6 is 11.8 Å². The van der Waals surface area contributed by atoms with Gasteiger partial charge < -0.3 is 10.6 Å². The summed E-state index contributed by atoms with van der Waals surface area (Å²) < 4.78 is 0. The van der Waals surface area contributed by atoms with Crippen LogP contribution in [0.5, 0.6) is 0 Å². The molecule has 0 unspecified atom stereocenters. The van der Waals surface area contributed by atoms with Gasteiger partial charge in [-0.2, -0.15) is 0 Å². The van der Waals surface area contributed by atoms with Crippen molar-refractivity contribution in [3.63, 3.8) is 0 Å². The Labute approximate surface area is 105 Å². The number of nitrogens with one attached hydrogen (secondary N) is 2. The van der Waals surface area contributed by atoms with Gasteiger partial charge in [-0.3, -0.25) is 4.79 Å². The molecular formula is C11H16N4OS. The van der Waals surface area contributed by atoms with E-state index in [9.17, 15) is 4.79 Å². The molecule has 0 aromatic carbocycles. The van der Waals surface area contributed by atoms with E-state index in [1.165, 1.54) is 6.33 Å². The molecule has 1 fully saturated rings. The minimum Gasteiger partial charge on any atom is -0.368 e. The molecule has 1 aliphatic carbocycles. The Morgan fingerprint density at radius 1 is 1.47 bits per heavy atom. The number of thioether (sulfide) groups is 1. The average Bonchev–Trinajstić information content (AvgIpc) is 3.19. The Balaban J connectivity index is 1.68. The van der Waals surface area contributed by atoms with Gasteiger partial charge in [0.2, 0.25) is 5.91 Å². The normalized spacial score (nSPS) is 14.4. The van der Waals surface area contributed by atoms with Crippen LogP contribution in [0.4, 0.5) is 5.82 Å². The van der Waals surface area contributed by atoms with Gasteiger partial charge in [-0.05, 0) is 19.1 Å². The molecule has 92 valence electrons. The van der Waals surface area contributed by atoms with E-state index in [-0.39, 0.29) is 11.8 Å². The molecular weight excluding hydrogens is 236 g/mol. The molecule has 1 saturated carbocycles. The van der Waals surface area contributed by atoms with Gasteiger partial charge in [-0.15, -0.1) is 11.8 Å². The van der Waals surface area contributed by atoms with Crippen LogP contribution in [0.15, 0.2) is 17.4 Å². The van der Waals surface area contributed by atoms with Crippen molar-refractivity contribution in [1.29, 1.82) is 0 Å². The summed E-state index contributed by atoms with van der Waals surface area (Å²) >= 11 is 1.58. The van der Waals surface area contributed by atoms with E-state index < -0.39 is 0 Å². The summed E-state index contributed by atoms with van der Waals surface area (Å²) in [5.41, 5.74) is 0. The predicted octanol–water partition coefficient (Wildman–Crippen LogP) is 1.14. The molecule has 0 bridgehead atoms. The third kappa shape index (κ3) is 3.89. The number of anilines is 1. The lowest BCUT2D eigenvalue weighted by molar-refractivity contribution is -0.122. The highest BCUT2D eigenvalue weighted by Gasteiger charge is 2.28. The first kappa shape index (κ1) is 12.2. The molecule has 0 spiro atoms. The largest absolute Gasteiger partial charge is 0.368 e. The minimum absolute atomic E-state index is 0.180. The Morgan fingerprint density at radius 3 is 3.00 bits per heavy atom. The maximum Gasteiger partial charge on any atom is 0.223 e. The average molecular weight is 252 g/mol. The van der Waals surface area contributed by atoms with E-state index in [4.69, 9.17) is 0 Å². The first-order valence-corrected chi connectivity index (χ1v) is 6.89. The molecule has 2 N–H and O–H groups in total. The first-order chi connectivity index (χ1) is 8.29. The Kier molecular flexibility index (Phi) is 4.19. The molecule has 1 aromatic heterocycles. The maximum absolute atomic E-state index is 11.3. The molecule has 17 heavy (non-hydrogen) atoms. The number of carbonyl (C=O) groups is 1. The second kappa shape index (κ2) is 5.86. The maximum atomic E-state index is 11.3.